The van der Waals surface area contributed by atoms with E-state index >= 15 is 0 Å². The minimum absolute atomic E-state index is 0.112. The first-order valence-corrected chi connectivity index (χ1v) is 17.6. The molecule has 0 bridgehead atoms. The Morgan fingerprint density at radius 2 is 1.86 bits per heavy atom. The summed E-state index contributed by atoms with van der Waals surface area (Å²) in [5, 5.41) is 20.8. The minimum Gasteiger partial charge on any atom is -0.444 e. The summed E-state index contributed by atoms with van der Waals surface area (Å²) in [5.74, 6) is 0.226. The molecule has 1 fully saturated rings. The Bertz CT molecular complexity index is 1860. The van der Waals surface area contributed by atoms with Gasteiger partial charge in [0, 0.05) is 59.8 Å². The van der Waals surface area contributed by atoms with E-state index in [0.717, 1.165) is 40.2 Å². The highest BCUT2D eigenvalue weighted by Crippen LogP contribution is 2.35. The lowest BCUT2D eigenvalue weighted by Gasteiger charge is -2.26. The highest BCUT2D eigenvalue weighted by Gasteiger charge is 2.33. The molecule has 0 unspecified atom stereocenters. The van der Waals surface area contributed by atoms with Gasteiger partial charge in [-0.15, -0.1) is 11.3 Å². The van der Waals surface area contributed by atoms with Crippen LogP contribution in [-0.2, 0) is 13.0 Å². The number of amides is 2. The van der Waals surface area contributed by atoms with Crippen LogP contribution in [0, 0.1) is 6.92 Å². The Morgan fingerprint density at radius 1 is 1.04 bits per heavy atom. The molecule has 5 aromatic rings. The number of nitrogens with one attached hydrogen (secondary N) is 2. The van der Waals surface area contributed by atoms with Gasteiger partial charge in [-0.25, -0.2) is 9.97 Å². The lowest BCUT2D eigenvalue weighted by atomic mass is 9.99. The highest BCUT2D eigenvalue weighted by molar-refractivity contribution is 7.09. The fourth-order valence-electron chi connectivity index (χ4n) is 6.17. The van der Waals surface area contributed by atoms with Crippen LogP contribution in [0.3, 0.4) is 0 Å². The minimum atomic E-state index is -0.906. The number of rotatable bonds is 13. The number of hydrogen-bond acceptors (Lipinski definition) is 9. The molecule has 1 saturated heterocycles. The van der Waals surface area contributed by atoms with Crippen LogP contribution < -0.4 is 10.6 Å². The van der Waals surface area contributed by atoms with Crippen LogP contribution >= 0.6 is 11.3 Å². The SMILES string of the molecule is Cc1csc([C@H]2CCCN2C(=O)c2cc(C(=O)N[C@@H](Cc3ccccc3)[C@@H](O)CNCc3cncc(C(C)C)c3)cc(-c3cnco3)c2)n1. The van der Waals surface area contributed by atoms with Crippen LogP contribution in [0.2, 0.25) is 0 Å². The van der Waals surface area contributed by atoms with Crippen LogP contribution in [0.4, 0.5) is 0 Å². The number of likely N-dealkylation sites (tertiary alicyclic amines) is 1. The second-order valence-corrected chi connectivity index (χ2v) is 13.8. The maximum absolute atomic E-state index is 14.1. The molecule has 0 spiro atoms. The first-order chi connectivity index (χ1) is 23.7. The van der Waals surface area contributed by atoms with Gasteiger partial charge in [-0.3, -0.25) is 14.6 Å². The third-order valence-corrected chi connectivity index (χ3v) is 9.90. The molecule has 3 atom stereocenters. The van der Waals surface area contributed by atoms with E-state index in [2.05, 4.69) is 45.5 Å². The van der Waals surface area contributed by atoms with Crippen LogP contribution in [0.25, 0.3) is 11.3 Å². The highest BCUT2D eigenvalue weighted by atomic mass is 32.1. The molecule has 1 aliphatic heterocycles. The maximum Gasteiger partial charge on any atom is 0.254 e. The maximum atomic E-state index is 14.1. The van der Waals surface area contributed by atoms with Gasteiger partial charge in [-0.1, -0.05) is 50.2 Å². The number of aliphatic hydroxyl groups is 1. The number of hydrogen-bond donors (Lipinski definition) is 3. The average Bonchev–Trinajstić information content (AvgIpc) is 3.91. The summed E-state index contributed by atoms with van der Waals surface area (Å²) in [6.45, 7) is 7.58. The summed E-state index contributed by atoms with van der Waals surface area (Å²) in [6, 6.07) is 16.2. The summed E-state index contributed by atoms with van der Waals surface area (Å²) < 4.78 is 5.58. The number of pyridine rings is 1. The molecule has 6 rings (SSSR count). The van der Waals surface area contributed by atoms with Gasteiger partial charge in [0.1, 0.15) is 5.01 Å². The van der Waals surface area contributed by atoms with Crippen LogP contribution in [0.5, 0.6) is 0 Å². The molecular formula is C38H42N6O4S. The molecule has 1 aliphatic rings. The van der Waals surface area contributed by atoms with Crippen molar-refractivity contribution < 1.29 is 19.1 Å². The average molecular weight is 679 g/mol. The van der Waals surface area contributed by atoms with Gasteiger partial charge in [0.05, 0.1) is 24.4 Å². The van der Waals surface area contributed by atoms with Crippen molar-refractivity contribution in [1.29, 1.82) is 0 Å². The molecule has 3 aromatic heterocycles. The molecule has 0 radical (unpaired) electrons. The third kappa shape index (κ3) is 8.48. The number of carbonyl (C=O) groups is 2. The molecule has 11 heteroatoms. The van der Waals surface area contributed by atoms with Crippen molar-refractivity contribution in [3.05, 3.63) is 123 Å². The number of oxazole rings is 1. The number of benzene rings is 2. The van der Waals surface area contributed by atoms with Crippen molar-refractivity contribution in [3.8, 4) is 11.3 Å². The third-order valence-electron chi connectivity index (χ3n) is 8.84. The van der Waals surface area contributed by atoms with Crippen molar-refractivity contribution in [2.45, 2.75) is 70.7 Å². The van der Waals surface area contributed by atoms with Gasteiger partial charge in [-0.05, 0) is 67.0 Å². The summed E-state index contributed by atoms with van der Waals surface area (Å²) in [6.07, 6.45) is 7.78. The molecule has 10 nitrogen and oxygen atoms in total. The van der Waals surface area contributed by atoms with E-state index in [1.807, 2.05) is 59.9 Å². The molecule has 2 amide bonds. The standard InChI is InChI=1S/C38H42N6O4S/c1-24(2)31-12-27(17-39-19-31)18-40-20-34(45)32(13-26-8-5-4-6-9-26)43-36(46)29-14-28(35-21-41-23-48-35)15-30(16-29)38(47)44-11-7-10-33(44)37-42-25(3)22-49-37/h4-6,8-9,12,14-17,19,21-24,32-34,40,45H,7,10-11,13,18,20H2,1-3H3,(H,43,46)/t32-,33+,34-/m0/s1. The van der Waals surface area contributed by atoms with Gasteiger partial charge in [0.2, 0.25) is 0 Å². The summed E-state index contributed by atoms with van der Waals surface area (Å²) in [4.78, 5) is 43.0. The van der Waals surface area contributed by atoms with E-state index in [0.29, 0.717) is 42.3 Å². The van der Waals surface area contributed by atoms with E-state index < -0.39 is 18.1 Å². The predicted octanol–water partition coefficient (Wildman–Crippen LogP) is 6.09. The van der Waals surface area contributed by atoms with Gasteiger partial charge in [0.25, 0.3) is 11.8 Å². The van der Waals surface area contributed by atoms with Crippen molar-refractivity contribution in [1.82, 2.24) is 30.5 Å². The van der Waals surface area contributed by atoms with Crippen LogP contribution in [0.15, 0.2) is 89.4 Å². The van der Waals surface area contributed by atoms with Crippen molar-refractivity contribution in [2.24, 2.45) is 0 Å². The Hall–Kier alpha value is -4.71. The van der Waals surface area contributed by atoms with Gasteiger partial charge < -0.3 is 25.1 Å². The van der Waals surface area contributed by atoms with E-state index in [4.69, 9.17) is 4.42 Å². The predicted molar refractivity (Wildman–Crippen MR) is 189 cm³/mol. The Labute approximate surface area is 290 Å². The Morgan fingerprint density at radius 3 is 2.59 bits per heavy atom. The molecule has 4 heterocycles. The zero-order valence-corrected chi connectivity index (χ0v) is 28.8. The van der Waals surface area contributed by atoms with E-state index in [1.54, 1.807) is 35.7 Å². The fraction of sp³-hybridized carbons (Fsp3) is 0.342. The number of carbonyl (C=O) groups excluding carboxylic acids is 2. The molecular weight excluding hydrogens is 637 g/mol. The summed E-state index contributed by atoms with van der Waals surface area (Å²) >= 11 is 1.56. The number of aromatic nitrogens is 3. The number of aliphatic hydroxyl groups excluding tert-OH is 1. The fourth-order valence-corrected chi connectivity index (χ4v) is 7.11. The summed E-state index contributed by atoms with van der Waals surface area (Å²) in [7, 11) is 0. The normalized spacial score (nSPS) is 15.8. The molecule has 3 N–H and O–H groups in total. The van der Waals surface area contributed by atoms with Crippen LogP contribution in [0.1, 0.15) is 86.8 Å². The second-order valence-electron chi connectivity index (χ2n) is 12.9. The van der Waals surface area contributed by atoms with Gasteiger partial charge in [0.15, 0.2) is 12.2 Å². The Kier molecular flexibility index (Phi) is 10.9. The Balaban J connectivity index is 1.23. The van der Waals surface area contributed by atoms with Crippen LogP contribution in [-0.4, -0.2) is 62.0 Å². The quantitative estimate of drug-likeness (QED) is 0.136. The lowest BCUT2D eigenvalue weighted by Crippen LogP contribution is -2.48. The number of aryl methyl sites for hydroxylation is 1. The largest absolute Gasteiger partial charge is 0.444 e. The number of nitrogens with zero attached hydrogens (tertiary/aromatic N) is 4. The van der Waals surface area contributed by atoms with Crippen molar-refractivity contribution in [2.75, 3.05) is 13.1 Å². The molecule has 254 valence electrons. The molecule has 2 aromatic carbocycles. The monoisotopic (exact) mass is 678 g/mol. The first-order valence-electron chi connectivity index (χ1n) is 16.7. The zero-order valence-electron chi connectivity index (χ0n) is 28.0. The smallest absolute Gasteiger partial charge is 0.254 e. The topological polar surface area (TPSA) is 133 Å². The van der Waals surface area contributed by atoms with Gasteiger partial charge >= 0.3 is 0 Å². The molecule has 0 aliphatic carbocycles. The van der Waals surface area contributed by atoms with E-state index in [9.17, 15) is 14.7 Å². The zero-order chi connectivity index (χ0) is 34.3. The molecule has 0 saturated carbocycles. The van der Waals surface area contributed by atoms with Gasteiger partial charge in [-0.2, -0.15) is 0 Å². The number of thiazole rings is 1. The summed E-state index contributed by atoms with van der Waals surface area (Å²) in [5.41, 5.74) is 5.31. The lowest BCUT2D eigenvalue weighted by molar-refractivity contribution is 0.0735. The van der Waals surface area contributed by atoms with Crippen molar-refractivity contribution in [3.63, 3.8) is 0 Å². The van der Waals surface area contributed by atoms with E-state index in [1.165, 1.54) is 6.39 Å². The second kappa shape index (κ2) is 15.7. The molecule has 49 heavy (non-hydrogen) atoms. The van der Waals surface area contributed by atoms with Crippen molar-refractivity contribution >= 4 is 23.2 Å². The first kappa shape index (κ1) is 34.2. The van der Waals surface area contributed by atoms with E-state index in [-0.39, 0.29) is 24.1 Å².